The number of nitrogens with one attached hydrogen (secondary N) is 3. The topological polar surface area (TPSA) is 153 Å². The quantitative estimate of drug-likeness (QED) is 0.237. The second-order valence-corrected chi connectivity index (χ2v) is 12.5. The lowest BCUT2D eigenvalue weighted by Crippen LogP contribution is -2.44. The number of rotatable bonds is 9. The van der Waals surface area contributed by atoms with E-state index in [4.69, 9.17) is 21.1 Å². The molecule has 236 valence electrons. The minimum absolute atomic E-state index is 0.00305. The van der Waals surface area contributed by atoms with Crippen molar-refractivity contribution in [1.82, 2.24) is 25.3 Å². The van der Waals surface area contributed by atoms with Crippen LogP contribution >= 0.6 is 11.6 Å². The minimum atomic E-state index is -3.87. The smallest absolute Gasteiger partial charge is 0.467 e. The number of hydrogen-bond acceptors (Lipinski definition) is 13. The molecule has 17 heteroatoms. The lowest BCUT2D eigenvalue weighted by molar-refractivity contribution is -0.287. The number of pyridine rings is 1. The lowest BCUT2D eigenvalue weighted by Gasteiger charge is -2.27. The molecule has 6 rings (SSSR count). The standard InChI is InChI=1S/C28H27ClF2N8O5S/c1-42-27-37-25(36-26(38-27)39-13-11-32-12-14-39)35-20-15-16(45(2,40)41)8-9-19(20)34-22(23-18(29)6-4-10-33-23)17-5-3-7-21-24(17)44-28(30,31)43-21/h3-10,15,22,32,34H,11-14H2,1-2H3,(H,35,36,37,38)/t22-/m0/s1. The van der Waals surface area contributed by atoms with E-state index >= 15 is 0 Å². The summed E-state index contributed by atoms with van der Waals surface area (Å²) in [5.41, 5.74) is 1.10. The van der Waals surface area contributed by atoms with E-state index in [9.17, 15) is 17.2 Å². The third-order valence-corrected chi connectivity index (χ3v) is 8.41. The second kappa shape index (κ2) is 12.1. The predicted octanol–water partition coefficient (Wildman–Crippen LogP) is 4.01. The molecule has 0 aliphatic carbocycles. The van der Waals surface area contributed by atoms with Crippen LogP contribution in [0.3, 0.4) is 0 Å². The zero-order chi connectivity index (χ0) is 31.8. The Bertz CT molecular complexity index is 1850. The monoisotopic (exact) mass is 660 g/mol. The van der Waals surface area contributed by atoms with Gasteiger partial charge in [0.05, 0.1) is 40.1 Å². The molecule has 3 N–H and O–H groups in total. The van der Waals surface area contributed by atoms with Crippen molar-refractivity contribution in [2.24, 2.45) is 0 Å². The predicted molar refractivity (Wildman–Crippen MR) is 162 cm³/mol. The number of aromatic nitrogens is 4. The summed E-state index contributed by atoms with van der Waals surface area (Å²) >= 11 is 6.55. The van der Waals surface area contributed by atoms with Gasteiger partial charge >= 0.3 is 12.3 Å². The van der Waals surface area contributed by atoms with Crippen LogP contribution in [-0.2, 0) is 9.84 Å². The van der Waals surface area contributed by atoms with Gasteiger partial charge in [0.1, 0.15) is 0 Å². The maximum absolute atomic E-state index is 14.2. The Morgan fingerprint density at radius 3 is 2.60 bits per heavy atom. The fourth-order valence-corrected chi connectivity index (χ4v) is 5.76. The minimum Gasteiger partial charge on any atom is -0.467 e. The van der Waals surface area contributed by atoms with Crippen LogP contribution in [0.1, 0.15) is 17.3 Å². The van der Waals surface area contributed by atoms with Crippen molar-refractivity contribution in [1.29, 1.82) is 0 Å². The van der Waals surface area contributed by atoms with Crippen LogP contribution in [0.15, 0.2) is 59.6 Å². The van der Waals surface area contributed by atoms with E-state index in [1.807, 2.05) is 4.90 Å². The number of hydrogen-bond donors (Lipinski definition) is 3. The number of ether oxygens (including phenoxy) is 3. The van der Waals surface area contributed by atoms with Crippen LogP contribution in [-0.4, -0.2) is 74.2 Å². The zero-order valence-corrected chi connectivity index (χ0v) is 25.5. The summed E-state index contributed by atoms with van der Waals surface area (Å²) in [4.78, 5) is 19.6. The molecule has 0 unspecified atom stereocenters. The summed E-state index contributed by atoms with van der Waals surface area (Å²) in [6.45, 7) is 2.79. The van der Waals surface area contributed by atoms with Crippen LogP contribution in [0.4, 0.5) is 32.1 Å². The third kappa shape index (κ3) is 6.62. The first-order chi connectivity index (χ1) is 21.5. The van der Waals surface area contributed by atoms with Gasteiger partial charge in [0.2, 0.25) is 11.9 Å². The Labute approximate surface area is 261 Å². The molecule has 0 radical (unpaired) electrons. The first kappa shape index (κ1) is 30.5. The van der Waals surface area contributed by atoms with Crippen molar-refractivity contribution in [3.63, 3.8) is 0 Å². The van der Waals surface area contributed by atoms with Crippen LogP contribution in [0.2, 0.25) is 5.02 Å². The van der Waals surface area contributed by atoms with Gasteiger partial charge in [-0.25, -0.2) is 8.42 Å². The lowest BCUT2D eigenvalue weighted by atomic mass is 10.0. The number of nitrogens with zero attached hydrogens (tertiary/aromatic N) is 5. The normalized spacial score (nSPS) is 16.2. The third-order valence-electron chi connectivity index (χ3n) is 6.98. The maximum Gasteiger partial charge on any atom is 0.586 e. The van der Waals surface area contributed by atoms with Gasteiger partial charge in [-0.3, -0.25) is 4.98 Å². The van der Waals surface area contributed by atoms with Gasteiger partial charge in [-0.2, -0.15) is 15.0 Å². The van der Waals surface area contributed by atoms with Crippen LogP contribution in [0.5, 0.6) is 17.5 Å². The molecule has 0 saturated carbocycles. The van der Waals surface area contributed by atoms with E-state index in [1.165, 1.54) is 43.6 Å². The highest BCUT2D eigenvalue weighted by atomic mass is 35.5. The van der Waals surface area contributed by atoms with Gasteiger partial charge in [0.25, 0.3) is 0 Å². The molecular formula is C28H27ClF2N8O5S. The Kier molecular flexibility index (Phi) is 8.20. The molecule has 2 aliphatic rings. The summed E-state index contributed by atoms with van der Waals surface area (Å²) in [5, 5.41) is 9.87. The number of para-hydroxylation sites is 1. The largest absolute Gasteiger partial charge is 0.586 e. The van der Waals surface area contributed by atoms with E-state index in [-0.39, 0.29) is 50.3 Å². The van der Waals surface area contributed by atoms with Crippen LogP contribution in [0, 0.1) is 0 Å². The highest BCUT2D eigenvalue weighted by molar-refractivity contribution is 7.90. The molecule has 0 bridgehead atoms. The highest BCUT2D eigenvalue weighted by Gasteiger charge is 2.45. The van der Waals surface area contributed by atoms with Crippen LogP contribution < -0.4 is 35.1 Å². The Hall–Kier alpha value is -4.54. The average Bonchev–Trinajstić information content (AvgIpc) is 3.34. The second-order valence-electron chi connectivity index (χ2n) is 10.1. The summed E-state index contributed by atoms with van der Waals surface area (Å²) in [5.74, 6) is 0.0795. The number of methoxy groups -OCH3 is 1. The molecule has 4 aromatic rings. The van der Waals surface area contributed by atoms with Gasteiger partial charge < -0.3 is 35.1 Å². The number of halogens is 3. The van der Waals surface area contributed by atoms with Crippen molar-refractivity contribution in [3.8, 4) is 17.5 Å². The van der Waals surface area contributed by atoms with E-state index in [0.717, 1.165) is 19.3 Å². The molecule has 0 spiro atoms. The first-order valence-electron chi connectivity index (χ1n) is 13.6. The van der Waals surface area contributed by atoms with Crippen molar-refractivity contribution in [2.75, 3.05) is 55.1 Å². The fraction of sp³-hybridized carbons (Fsp3) is 0.286. The number of alkyl halides is 2. The first-order valence-corrected chi connectivity index (χ1v) is 15.9. The fourth-order valence-electron chi connectivity index (χ4n) is 4.88. The zero-order valence-electron chi connectivity index (χ0n) is 23.9. The summed E-state index contributed by atoms with van der Waals surface area (Å²) < 4.78 is 68.3. The molecular weight excluding hydrogens is 634 g/mol. The molecule has 2 aromatic carbocycles. The van der Waals surface area contributed by atoms with Gasteiger partial charge in [0.15, 0.2) is 21.3 Å². The number of piperazine rings is 1. The van der Waals surface area contributed by atoms with E-state index < -0.39 is 22.2 Å². The number of benzene rings is 2. The van der Waals surface area contributed by atoms with Gasteiger partial charge in [0, 0.05) is 44.2 Å². The van der Waals surface area contributed by atoms with Gasteiger partial charge in [-0.1, -0.05) is 23.7 Å². The molecule has 13 nitrogen and oxygen atoms in total. The molecule has 45 heavy (non-hydrogen) atoms. The highest BCUT2D eigenvalue weighted by Crippen LogP contribution is 2.47. The summed E-state index contributed by atoms with van der Waals surface area (Å²) in [7, 11) is -2.22. The number of anilines is 4. The maximum atomic E-state index is 14.2. The van der Waals surface area contributed by atoms with Crippen LogP contribution in [0.25, 0.3) is 0 Å². The van der Waals surface area contributed by atoms with Crippen molar-refractivity contribution in [3.05, 3.63) is 71.0 Å². The van der Waals surface area contributed by atoms with E-state index in [1.54, 1.807) is 18.2 Å². The number of sulfone groups is 1. The molecule has 0 amide bonds. The van der Waals surface area contributed by atoms with Crippen molar-refractivity contribution in [2.45, 2.75) is 17.2 Å². The Morgan fingerprint density at radius 2 is 1.87 bits per heavy atom. The van der Waals surface area contributed by atoms with Crippen molar-refractivity contribution >= 4 is 44.7 Å². The van der Waals surface area contributed by atoms with Crippen molar-refractivity contribution < 1.29 is 31.4 Å². The molecule has 4 heterocycles. The molecule has 2 aliphatic heterocycles. The molecule has 2 aromatic heterocycles. The molecule has 1 saturated heterocycles. The molecule has 1 atom stereocenters. The Balaban J connectivity index is 1.45. The van der Waals surface area contributed by atoms with Gasteiger partial charge in [-0.15, -0.1) is 8.78 Å². The van der Waals surface area contributed by atoms with Gasteiger partial charge in [-0.05, 0) is 36.4 Å². The Morgan fingerprint density at radius 1 is 1.07 bits per heavy atom. The molecule has 1 fully saturated rings. The van der Waals surface area contributed by atoms with E-state index in [2.05, 4.69) is 40.6 Å². The number of fused-ring (bicyclic) bond motifs is 1. The summed E-state index contributed by atoms with van der Waals surface area (Å²) in [6, 6.07) is 11.1. The summed E-state index contributed by atoms with van der Waals surface area (Å²) in [6.07, 6.45) is -1.29. The average molecular weight is 661 g/mol. The van der Waals surface area contributed by atoms with E-state index in [0.29, 0.717) is 24.7 Å². The SMILES string of the molecule is COc1nc(Nc2cc(S(C)(=O)=O)ccc2N[C@@H](c2cccc3c2OC(F)(F)O3)c2ncccc2Cl)nc(N2CCNCC2)n1.